The number of carboxylic acid groups (broad SMARTS) is 1. The van der Waals surface area contributed by atoms with Gasteiger partial charge in [0, 0.05) is 19.3 Å². The summed E-state index contributed by atoms with van der Waals surface area (Å²) in [6.45, 7) is 4.50. The van der Waals surface area contributed by atoms with Crippen LogP contribution in [0, 0.1) is 0 Å². The summed E-state index contributed by atoms with van der Waals surface area (Å²) in [5, 5.41) is 9.55. The van der Waals surface area contributed by atoms with E-state index in [9.17, 15) is 19.5 Å². The highest BCUT2D eigenvalue weighted by atomic mass is 16.6. The minimum absolute atomic E-state index is 0.0248. The molecular formula is C40H68NO7+. The topological polar surface area (TPSA) is 99.1 Å². The second-order valence-electron chi connectivity index (χ2n) is 13.1. The number of esters is 2. The number of hydrogen-bond donors (Lipinski definition) is 1. The Morgan fingerprint density at radius 1 is 0.625 bits per heavy atom. The summed E-state index contributed by atoms with van der Waals surface area (Å²) in [6.07, 6.45) is 35.9. The number of quaternary nitrogens is 1. The third-order valence-electron chi connectivity index (χ3n) is 7.65. The maximum Gasteiger partial charge on any atom is 0.362 e. The Balaban J connectivity index is 4.54. The zero-order valence-corrected chi connectivity index (χ0v) is 30.9. The first-order valence-electron chi connectivity index (χ1n) is 18.3. The summed E-state index contributed by atoms with van der Waals surface area (Å²) >= 11 is 0. The number of likely N-dealkylation sites (N-methyl/N-ethyl adjacent to an activating group) is 1. The zero-order chi connectivity index (χ0) is 35.7. The smallest absolute Gasteiger partial charge is 0.362 e. The first-order chi connectivity index (χ1) is 23.1. The number of unbranched alkanes of at least 4 members (excludes halogenated alkanes) is 7. The molecule has 0 spiro atoms. The van der Waals surface area contributed by atoms with Gasteiger partial charge >= 0.3 is 17.9 Å². The van der Waals surface area contributed by atoms with Crippen LogP contribution in [-0.2, 0) is 28.6 Å². The molecule has 0 fully saturated rings. The van der Waals surface area contributed by atoms with Crippen LogP contribution in [0.15, 0.2) is 60.8 Å². The van der Waals surface area contributed by atoms with Crippen LogP contribution in [0.1, 0.15) is 123 Å². The molecule has 0 aliphatic heterocycles. The molecule has 0 aromatic carbocycles. The lowest BCUT2D eigenvalue weighted by atomic mass is 10.1. The molecule has 0 radical (unpaired) electrons. The molecule has 0 aromatic rings. The first kappa shape index (κ1) is 45.0. The molecule has 8 nitrogen and oxygen atoms in total. The van der Waals surface area contributed by atoms with Gasteiger partial charge in [0.1, 0.15) is 6.61 Å². The van der Waals surface area contributed by atoms with Gasteiger partial charge in [-0.3, -0.25) is 9.59 Å². The number of allylic oxidation sites excluding steroid dienone is 10. The van der Waals surface area contributed by atoms with Crippen LogP contribution >= 0.6 is 0 Å². The van der Waals surface area contributed by atoms with E-state index < -0.39 is 18.1 Å². The van der Waals surface area contributed by atoms with Crippen molar-refractivity contribution in [2.45, 2.75) is 135 Å². The summed E-state index contributed by atoms with van der Waals surface area (Å²) in [4.78, 5) is 36.5. The van der Waals surface area contributed by atoms with Gasteiger partial charge in [-0.2, -0.15) is 0 Å². The second-order valence-corrected chi connectivity index (χ2v) is 13.1. The summed E-state index contributed by atoms with van der Waals surface area (Å²) in [7, 11) is 5.47. The standard InChI is InChI=1S/C40H67NO7/c1-6-8-10-12-14-15-16-17-18-19-20-21-22-23-25-27-29-31-39(43)48-36(34-46-33-32-37(40(44)45)41(3,4)5)35-47-38(42)30-28-26-24-13-11-9-7-2/h14-15,17-18,20-21,23-26,36-37H,6-13,16,19,22,27-35H2,1-5H3/p+1/b15-14+,18-17+,21-20+,25-23+,26-24+. The Morgan fingerprint density at radius 3 is 1.65 bits per heavy atom. The number of hydrogen-bond acceptors (Lipinski definition) is 6. The molecule has 0 saturated carbocycles. The minimum Gasteiger partial charge on any atom is -0.477 e. The van der Waals surface area contributed by atoms with E-state index in [2.05, 4.69) is 68.5 Å². The summed E-state index contributed by atoms with van der Waals surface area (Å²) in [5.41, 5.74) is 0. The fraction of sp³-hybridized carbons (Fsp3) is 0.675. The molecule has 0 aliphatic carbocycles. The normalized spacial score (nSPS) is 13.8. The van der Waals surface area contributed by atoms with Gasteiger partial charge in [0.25, 0.3) is 0 Å². The number of carbonyl (C=O) groups excluding carboxylic acids is 2. The average Bonchev–Trinajstić information content (AvgIpc) is 3.03. The highest BCUT2D eigenvalue weighted by molar-refractivity contribution is 5.72. The van der Waals surface area contributed by atoms with E-state index in [4.69, 9.17) is 14.2 Å². The SMILES string of the molecule is CCCCC/C=C/C/C=C/C/C=C/C/C=C/CCCC(=O)OC(COCCC(C(=O)O)[N+](C)(C)C)COC(=O)CC/C=C/CCCCC. The van der Waals surface area contributed by atoms with E-state index in [1.54, 1.807) is 0 Å². The molecule has 48 heavy (non-hydrogen) atoms. The fourth-order valence-electron chi connectivity index (χ4n) is 4.75. The Labute approximate surface area is 292 Å². The summed E-state index contributed by atoms with van der Waals surface area (Å²) < 4.78 is 17.0. The molecule has 274 valence electrons. The zero-order valence-electron chi connectivity index (χ0n) is 30.9. The van der Waals surface area contributed by atoms with Gasteiger partial charge in [-0.25, -0.2) is 4.79 Å². The number of carbonyl (C=O) groups is 3. The van der Waals surface area contributed by atoms with Crippen LogP contribution in [-0.4, -0.2) is 80.6 Å². The molecule has 2 atom stereocenters. The number of nitrogens with zero attached hydrogens (tertiary/aromatic N) is 1. The molecule has 0 saturated heterocycles. The van der Waals surface area contributed by atoms with Gasteiger partial charge in [-0.1, -0.05) is 100 Å². The molecule has 2 unspecified atom stereocenters. The Kier molecular flexibility index (Phi) is 29.4. The van der Waals surface area contributed by atoms with Crippen molar-refractivity contribution in [1.29, 1.82) is 0 Å². The van der Waals surface area contributed by atoms with Crippen molar-refractivity contribution in [1.82, 2.24) is 0 Å². The van der Waals surface area contributed by atoms with Crippen LogP contribution in [0.5, 0.6) is 0 Å². The number of aliphatic carboxylic acids is 1. The molecule has 1 N–H and O–H groups in total. The number of rotatable bonds is 31. The second kappa shape index (κ2) is 31.3. The van der Waals surface area contributed by atoms with Gasteiger partial charge in [-0.05, 0) is 64.2 Å². The molecule has 0 aliphatic rings. The predicted molar refractivity (Wildman–Crippen MR) is 197 cm³/mol. The molecule has 8 heteroatoms. The van der Waals surface area contributed by atoms with E-state index >= 15 is 0 Å². The number of carboxylic acids is 1. The van der Waals surface area contributed by atoms with Crippen molar-refractivity contribution < 1.29 is 38.2 Å². The van der Waals surface area contributed by atoms with Crippen LogP contribution in [0.25, 0.3) is 0 Å². The van der Waals surface area contributed by atoms with Crippen LogP contribution < -0.4 is 0 Å². The van der Waals surface area contributed by atoms with E-state index in [0.717, 1.165) is 38.5 Å². The molecule has 0 heterocycles. The van der Waals surface area contributed by atoms with Crippen molar-refractivity contribution in [2.75, 3.05) is 41.0 Å². The predicted octanol–water partition coefficient (Wildman–Crippen LogP) is 9.07. The fourth-order valence-corrected chi connectivity index (χ4v) is 4.75. The largest absolute Gasteiger partial charge is 0.477 e. The first-order valence-corrected chi connectivity index (χ1v) is 18.3. The number of ether oxygens (including phenoxy) is 3. The Bertz CT molecular complexity index is 975. The third-order valence-corrected chi connectivity index (χ3v) is 7.65. The maximum absolute atomic E-state index is 12.6. The third kappa shape index (κ3) is 29.2. The van der Waals surface area contributed by atoms with Crippen molar-refractivity contribution in [2.24, 2.45) is 0 Å². The van der Waals surface area contributed by atoms with E-state index in [1.165, 1.54) is 38.5 Å². The molecule has 0 bridgehead atoms. The Morgan fingerprint density at radius 2 is 1.12 bits per heavy atom. The highest BCUT2D eigenvalue weighted by Crippen LogP contribution is 2.10. The summed E-state index contributed by atoms with van der Waals surface area (Å²) in [5.74, 6) is -1.62. The average molecular weight is 675 g/mol. The van der Waals surface area contributed by atoms with Gasteiger partial charge in [0.15, 0.2) is 12.1 Å². The van der Waals surface area contributed by atoms with Gasteiger partial charge in [0.05, 0.1) is 34.4 Å². The van der Waals surface area contributed by atoms with Crippen LogP contribution in [0.4, 0.5) is 0 Å². The molecule has 0 aromatic heterocycles. The van der Waals surface area contributed by atoms with Crippen molar-refractivity contribution in [3.63, 3.8) is 0 Å². The van der Waals surface area contributed by atoms with E-state index in [1.807, 2.05) is 27.2 Å². The van der Waals surface area contributed by atoms with E-state index in [0.29, 0.717) is 19.3 Å². The molecule has 0 rings (SSSR count). The maximum atomic E-state index is 12.6. The van der Waals surface area contributed by atoms with Gasteiger partial charge < -0.3 is 23.8 Å². The Hall–Kier alpha value is -2.97. The summed E-state index contributed by atoms with van der Waals surface area (Å²) in [6, 6.07) is -0.628. The highest BCUT2D eigenvalue weighted by Gasteiger charge is 2.31. The van der Waals surface area contributed by atoms with Crippen LogP contribution in [0.3, 0.4) is 0 Å². The quantitative estimate of drug-likeness (QED) is 0.0339. The molecule has 0 amide bonds. The van der Waals surface area contributed by atoms with Crippen molar-refractivity contribution in [3.05, 3.63) is 60.8 Å². The van der Waals surface area contributed by atoms with Gasteiger partial charge in [-0.15, -0.1) is 0 Å². The minimum atomic E-state index is -0.892. The van der Waals surface area contributed by atoms with E-state index in [-0.39, 0.29) is 49.1 Å². The lowest BCUT2D eigenvalue weighted by Gasteiger charge is -2.31. The van der Waals surface area contributed by atoms with Gasteiger partial charge in [0.2, 0.25) is 0 Å². The monoisotopic (exact) mass is 674 g/mol. The molecular weight excluding hydrogens is 606 g/mol. The lowest BCUT2D eigenvalue weighted by molar-refractivity contribution is -0.887. The van der Waals surface area contributed by atoms with Crippen LogP contribution in [0.2, 0.25) is 0 Å². The van der Waals surface area contributed by atoms with Crippen molar-refractivity contribution >= 4 is 17.9 Å². The van der Waals surface area contributed by atoms with Crippen molar-refractivity contribution in [3.8, 4) is 0 Å². The lowest BCUT2D eigenvalue weighted by Crippen LogP contribution is -2.50.